The molecule has 5 nitrogen and oxygen atoms in total. The minimum absolute atomic E-state index is 0.0645. The number of hydrogen-bond donors (Lipinski definition) is 0. The van der Waals surface area contributed by atoms with E-state index in [9.17, 15) is 9.59 Å². The second-order valence-electron chi connectivity index (χ2n) is 6.24. The summed E-state index contributed by atoms with van der Waals surface area (Å²) in [6, 6.07) is 11.4. The number of nitrogens with zero attached hydrogens (tertiary/aromatic N) is 3. The molecule has 1 aromatic carbocycles. The maximum Gasteiger partial charge on any atom is 0.241 e. The Labute approximate surface area is 159 Å². The number of carbonyl (C=O) groups is 2. The molecule has 26 heavy (non-hydrogen) atoms. The van der Waals surface area contributed by atoms with Gasteiger partial charge in [0.15, 0.2) is 0 Å². The zero-order valence-corrected chi connectivity index (χ0v) is 15.9. The fraction of sp³-hybridized carbons (Fsp3) is 0.350. The van der Waals surface area contributed by atoms with Crippen LogP contribution in [-0.2, 0) is 22.4 Å². The molecule has 0 aliphatic heterocycles. The molecule has 1 aromatic heterocycles. The van der Waals surface area contributed by atoms with Gasteiger partial charge in [0.2, 0.25) is 11.8 Å². The fourth-order valence-corrected chi connectivity index (χ4v) is 2.64. The van der Waals surface area contributed by atoms with Crippen LogP contribution in [-0.4, -0.2) is 53.3 Å². The van der Waals surface area contributed by atoms with Gasteiger partial charge in [-0.15, -0.1) is 0 Å². The Morgan fingerprint density at radius 3 is 2.15 bits per heavy atom. The zero-order chi connectivity index (χ0) is 18.9. The van der Waals surface area contributed by atoms with Gasteiger partial charge in [0.05, 0.1) is 6.54 Å². The van der Waals surface area contributed by atoms with Crippen molar-refractivity contribution in [3.63, 3.8) is 0 Å². The number of halogens is 1. The molecular formula is C20H24ClN3O2. The maximum atomic E-state index is 12.4. The second kappa shape index (κ2) is 9.92. The van der Waals surface area contributed by atoms with Gasteiger partial charge >= 0.3 is 0 Å². The second-order valence-corrected chi connectivity index (χ2v) is 6.67. The average Bonchev–Trinajstić information content (AvgIpc) is 2.64. The third kappa shape index (κ3) is 6.48. The molecule has 2 amide bonds. The lowest BCUT2D eigenvalue weighted by Crippen LogP contribution is -2.42. The average molecular weight is 374 g/mol. The molecule has 0 fully saturated rings. The number of aromatic nitrogens is 1. The van der Waals surface area contributed by atoms with Gasteiger partial charge < -0.3 is 9.80 Å². The monoisotopic (exact) mass is 373 g/mol. The number of amides is 2. The van der Waals surface area contributed by atoms with Crippen molar-refractivity contribution in [2.45, 2.75) is 19.8 Å². The van der Waals surface area contributed by atoms with Crippen molar-refractivity contribution in [3.8, 4) is 0 Å². The predicted octanol–water partition coefficient (Wildman–Crippen LogP) is 2.83. The molecular weight excluding hydrogens is 350 g/mol. The summed E-state index contributed by atoms with van der Waals surface area (Å²) in [4.78, 5) is 31.6. The third-order valence-corrected chi connectivity index (χ3v) is 4.52. The van der Waals surface area contributed by atoms with Crippen molar-refractivity contribution < 1.29 is 9.59 Å². The number of hydrogen-bond acceptors (Lipinski definition) is 3. The Hall–Kier alpha value is -2.40. The molecule has 0 aliphatic carbocycles. The van der Waals surface area contributed by atoms with Crippen LogP contribution in [0.2, 0.25) is 5.02 Å². The predicted molar refractivity (Wildman–Crippen MR) is 103 cm³/mol. The molecule has 0 radical (unpaired) electrons. The van der Waals surface area contributed by atoms with E-state index in [0.29, 0.717) is 24.5 Å². The lowest BCUT2D eigenvalue weighted by atomic mass is 10.1. The highest BCUT2D eigenvalue weighted by Crippen LogP contribution is 2.10. The molecule has 0 aliphatic rings. The summed E-state index contributed by atoms with van der Waals surface area (Å²) in [5.74, 6) is -0.166. The van der Waals surface area contributed by atoms with Crippen molar-refractivity contribution in [2.24, 2.45) is 0 Å². The summed E-state index contributed by atoms with van der Waals surface area (Å²) >= 11 is 5.88. The van der Waals surface area contributed by atoms with Crippen LogP contribution in [0.4, 0.5) is 0 Å². The zero-order valence-electron chi connectivity index (χ0n) is 15.2. The van der Waals surface area contributed by atoms with Crippen LogP contribution < -0.4 is 0 Å². The first-order valence-corrected chi connectivity index (χ1v) is 8.96. The third-order valence-electron chi connectivity index (χ3n) is 4.27. The Balaban J connectivity index is 1.84. The molecule has 0 N–H and O–H groups in total. The summed E-state index contributed by atoms with van der Waals surface area (Å²) < 4.78 is 0. The first kappa shape index (κ1) is 19.9. The number of rotatable bonds is 8. The molecule has 2 rings (SSSR count). The van der Waals surface area contributed by atoms with Crippen LogP contribution in [0.1, 0.15) is 18.1 Å². The molecule has 0 bridgehead atoms. The van der Waals surface area contributed by atoms with Gasteiger partial charge in [0.1, 0.15) is 0 Å². The standard InChI is InChI=1S/C20H24ClN3O2/c1-16(25)24(14-10-17-3-5-19(21)6-4-17)15-20(26)23(2)13-9-18-7-11-22-12-8-18/h3-8,11-12H,9-10,13-15H2,1-2H3. The Bertz CT molecular complexity index is 720. The van der Waals surface area contributed by atoms with Gasteiger partial charge in [-0.2, -0.15) is 0 Å². The first-order chi connectivity index (χ1) is 12.5. The largest absolute Gasteiger partial charge is 0.344 e. The fourth-order valence-electron chi connectivity index (χ4n) is 2.52. The number of benzene rings is 1. The summed E-state index contributed by atoms with van der Waals surface area (Å²) in [5.41, 5.74) is 2.21. The first-order valence-electron chi connectivity index (χ1n) is 8.58. The van der Waals surface area contributed by atoms with E-state index in [-0.39, 0.29) is 18.4 Å². The van der Waals surface area contributed by atoms with E-state index in [1.165, 1.54) is 6.92 Å². The normalized spacial score (nSPS) is 10.4. The van der Waals surface area contributed by atoms with Gasteiger partial charge in [-0.05, 0) is 48.2 Å². The van der Waals surface area contributed by atoms with Crippen molar-refractivity contribution >= 4 is 23.4 Å². The van der Waals surface area contributed by atoms with E-state index in [1.807, 2.05) is 36.4 Å². The van der Waals surface area contributed by atoms with Gasteiger partial charge in [0, 0.05) is 44.5 Å². The van der Waals surface area contributed by atoms with Crippen molar-refractivity contribution in [2.75, 3.05) is 26.7 Å². The van der Waals surface area contributed by atoms with E-state index in [1.54, 1.807) is 29.2 Å². The Kier molecular flexibility index (Phi) is 7.60. The van der Waals surface area contributed by atoms with Gasteiger partial charge in [0.25, 0.3) is 0 Å². The summed E-state index contributed by atoms with van der Waals surface area (Å²) in [5, 5.41) is 0.683. The molecule has 0 atom stereocenters. The van der Waals surface area contributed by atoms with Crippen LogP contribution in [0.25, 0.3) is 0 Å². The molecule has 1 heterocycles. The molecule has 0 unspecified atom stereocenters. The van der Waals surface area contributed by atoms with E-state index in [0.717, 1.165) is 17.5 Å². The smallest absolute Gasteiger partial charge is 0.241 e. The van der Waals surface area contributed by atoms with Crippen molar-refractivity contribution in [1.82, 2.24) is 14.8 Å². The van der Waals surface area contributed by atoms with Gasteiger partial charge in [-0.3, -0.25) is 14.6 Å². The van der Waals surface area contributed by atoms with E-state index >= 15 is 0 Å². The summed E-state index contributed by atoms with van der Waals surface area (Å²) in [6.45, 7) is 2.69. The van der Waals surface area contributed by atoms with Crippen LogP contribution >= 0.6 is 11.6 Å². The highest BCUT2D eigenvalue weighted by Gasteiger charge is 2.16. The van der Waals surface area contributed by atoms with E-state index in [2.05, 4.69) is 4.98 Å². The van der Waals surface area contributed by atoms with Gasteiger partial charge in [-0.25, -0.2) is 0 Å². The molecule has 138 valence electrons. The van der Waals surface area contributed by atoms with Crippen molar-refractivity contribution in [1.29, 1.82) is 0 Å². The highest BCUT2D eigenvalue weighted by atomic mass is 35.5. The van der Waals surface area contributed by atoms with Crippen LogP contribution in [0.5, 0.6) is 0 Å². The lowest BCUT2D eigenvalue weighted by Gasteiger charge is -2.24. The number of pyridine rings is 1. The Morgan fingerprint density at radius 1 is 0.962 bits per heavy atom. The lowest BCUT2D eigenvalue weighted by molar-refractivity contribution is -0.138. The van der Waals surface area contributed by atoms with E-state index < -0.39 is 0 Å². The molecule has 2 aromatic rings. The SMILES string of the molecule is CC(=O)N(CCc1ccc(Cl)cc1)CC(=O)N(C)CCc1ccncc1. The molecule has 0 saturated carbocycles. The Morgan fingerprint density at radius 2 is 1.54 bits per heavy atom. The van der Waals surface area contributed by atoms with Crippen LogP contribution in [0.15, 0.2) is 48.8 Å². The molecule has 6 heteroatoms. The maximum absolute atomic E-state index is 12.4. The highest BCUT2D eigenvalue weighted by molar-refractivity contribution is 6.30. The minimum Gasteiger partial charge on any atom is -0.344 e. The minimum atomic E-state index is -0.102. The summed E-state index contributed by atoms with van der Waals surface area (Å²) in [6.07, 6.45) is 4.93. The van der Waals surface area contributed by atoms with E-state index in [4.69, 9.17) is 11.6 Å². The van der Waals surface area contributed by atoms with Crippen LogP contribution in [0.3, 0.4) is 0 Å². The number of carbonyl (C=O) groups excluding carboxylic acids is 2. The van der Waals surface area contributed by atoms with Crippen molar-refractivity contribution in [3.05, 3.63) is 64.9 Å². The quantitative estimate of drug-likeness (QED) is 0.715. The topological polar surface area (TPSA) is 53.5 Å². The number of likely N-dealkylation sites (N-methyl/N-ethyl adjacent to an activating group) is 1. The molecule has 0 saturated heterocycles. The summed E-state index contributed by atoms with van der Waals surface area (Å²) in [7, 11) is 1.76. The molecule has 0 spiro atoms. The van der Waals surface area contributed by atoms with Crippen LogP contribution in [0, 0.1) is 0 Å². The van der Waals surface area contributed by atoms with Gasteiger partial charge in [-0.1, -0.05) is 23.7 Å².